The summed E-state index contributed by atoms with van der Waals surface area (Å²) in [6, 6.07) is 6.10. The minimum Gasteiger partial charge on any atom is -0.469 e. The molecule has 0 aliphatic rings. The highest BCUT2D eigenvalue weighted by Crippen LogP contribution is 2.15. The summed E-state index contributed by atoms with van der Waals surface area (Å²) in [5, 5.41) is 0.381. The lowest BCUT2D eigenvalue weighted by Crippen LogP contribution is -2.24. The van der Waals surface area contributed by atoms with Gasteiger partial charge in [0.05, 0.1) is 12.0 Å². The molecule has 1 rings (SSSR count). The summed E-state index contributed by atoms with van der Waals surface area (Å²) in [5.41, 5.74) is 0. The summed E-state index contributed by atoms with van der Waals surface area (Å²) >= 11 is 5.76. The Balaban J connectivity index is 2.32. The van der Waals surface area contributed by atoms with E-state index in [4.69, 9.17) is 11.6 Å². The molecule has 0 aromatic heterocycles. The minimum absolute atomic E-state index is 0.152. The maximum absolute atomic E-state index is 11.9. The SMILES string of the molecule is COC(=O)CCCCCNS(=O)(=O)c1cccc(Cl)c1. The predicted octanol–water partition coefficient (Wildman–Crippen LogP) is 2.35. The molecule has 0 fully saturated rings. The van der Waals surface area contributed by atoms with Crippen molar-refractivity contribution in [1.82, 2.24) is 4.72 Å². The molecule has 1 aromatic rings. The van der Waals surface area contributed by atoms with Crippen molar-refractivity contribution in [3.8, 4) is 0 Å². The first-order valence-corrected chi connectivity index (χ1v) is 8.14. The van der Waals surface area contributed by atoms with Gasteiger partial charge in [0, 0.05) is 18.0 Å². The minimum atomic E-state index is -3.52. The van der Waals surface area contributed by atoms with Crippen LogP contribution in [0.25, 0.3) is 0 Å². The van der Waals surface area contributed by atoms with Gasteiger partial charge in [0.1, 0.15) is 0 Å². The molecule has 0 atom stereocenters. The van der Waals surface area contributed by atoms with Crippen LogP contribution in [0.5, 0.6) is 0 Å². The topological polar surface area (TPSA) is 72.5 Å². The number of halogens is 1. The van der Waals surface area contributed by atoms with Crippen LogP contribution in [0.2, 0.25) is 5.02 Å². The lowest BCUT2D eigenvalue weighted by Gasteiger charge is -2.07. The molecule has 0 spiro atoms. The first-order valence-electron chi connectivity index (χ1n) is 6.28. The maximum atomic E-state index is 11.9. The molecule has 0 bridgehead atoms. The van der Waals surface area contributed by atoms with Crippen LogP contribution in [-0.2, 0) is 19.6 Å². The second-order valence-corrected chi connectivity index (χ2v) is 6.45. The lowest BCUT2D eigenvalue weighted by molar-refractivity contribution is -0.140. The lowest BCUT2D eigenvalue weighted by atomic mass is 10.2. The van der Waals surface area contributed by atoms with E-state index in [1.165, 1.54) is 19.2 Å². The molecule has 0 aliphatic heterocycles. The summed E-state index contributed by atoms with van der Waals surface area (Å²) in [7, 11) is -2.17. The highest BCUT2D eigenvalue weighted by atomic mass is 35.5. The molecule has 0 heterocycles. The Bertz CT molecular complexity index is 545. The number of hydrogen-bond acceptors (Lipinski definition) is 4. The number of unbranched alkanes of at least 4 members (excludes halogenated alkanes) is 2. The van der Waals surface area contributed by atoms with Gasteiger partial charge in [0.25, 0.3) is 0 Å². The van der Waals surface area contributed by atoms with Gasteiger partial charge in [-0.25, -0.2) is 13.1 Å². The monoisotopic (exact) mass is 319 g/mol. The van der Waals surface area contributed by atoms with Crippen molar-refractivity contribution >= 4 is 27.6 Å². The third kappa shape index (κ3) is 5.90. The number of nitrogens with one attached hydrogen (secondary N) is 1. The highest BCUT2D eigenvalue weighted by Gasteiger charge is 2.13. The van der Waals surface area contributed by atoms with Crippen molar-refractivity contribution in [3.63, 3.8) is 0 Å². The Hall–Kier alpha value is -1.11. The van der Waals surface area contributed by atoms with Gasteiger partial charge in [-0.3, -0.25) is 4.79 Å². The van der Waals surface area contributed by atoms with E-state index in [2.05, 4.69) is 9.46 Å². The molecule has 5 nitrogen and oxygen atoms in total. The summed E-state index contributed by atoms with van der Waals surface area (Å²) in [6.07, 6.45) is 2.47. The van der Waals surface area contributed by atoms with E-state index < -0.39 is 10.0 Å². The van der Waals surface area contributed by atoms with Gasteiger partial charge in [-0.05, 0) is 31.0 Å². The number of hydrogen-bond donors (Lipinski definition) is 1. The molecule has 1 aromatic carbocycles. The summed E-state index contributed by atoms with van der Waals surface area (Å²) in [6.45, 7) is 0.329. The second kappa shape index (κ2) is 8.24. The number of carbonyl (C=O) groups excluding carboxylic acids is 1. The Labute approximate surface area is 124 Å². The van der Waals surface area contributed by atoms with Crippen LogP contribution in [0, 0.1) is 0 Å². The van der Waals surface area contributed by atoms with Crippen molar-refractivity contribution in [2.75, 3.05) is 13.7 Å². The predicted molar refractivity (Wildman–Crippen MR) is 77.1 cm³/mol. The van der Waals surface area contributed by atoms with Crippen molar-refractivity contribution in [1.29, 1.82) is 0 Å². The number of carbonyl (C=O) groups is 1. The van der Waals surface area contributed by atoms with E-state index in [1.54, 1.807) is 12.1 Å². The van der Waals surface area contributed by atoms with Gasteiger partial charge in [-0.1, -0.05) is 24.1 Å². The molecule has 7 heteroatoms. The number of benzene rings is 1. The van der Waals surface area contributed by atoms with Crippen LogP contribution in [-0.4, -0.2) is 28.0 Å². The Morgan fingerprint density at radius 1 is 1.30 bits per heavy atom. The number of ether oxygens (including phenoxy) is 1. The van der Waals surface area contributed by atoms with Crippen molar-refractivity contribution in [2.45, 2.75) is 30.6 Å². The third-order valence-electron chi connectivity index (χ3n) is 2.68. The summed E-state index contributed by atoms with van der Waals surface area (Å²) in [4.78, 5) is 11.0. The zero-order chi connectivity index (χ0) is 15.0. The quantitative estimate of drug-likeness (QED) is 0.589. The number of methoxy groups -OCH3 is 1. The number of rotatable bonds is 8. The third-order valence-corrected chi connectivity index (χ3v) is 4.38. The Morgan fingerprint density at radius 2 is 2.05 bits per heavy atom. The average Bonchev–Trinajstić information content (AvgIpc) is 2.42. The van der Waals surface area contributed by atoms with Gasteiger partial charge >= 0.3 is 5.97 Å². The molecule has 0 aliphatic carbocycles. The smallest absolute Gasteiger partial charge is 0.305 e. The fraction of sp³-hybridized carbons (Fsp3) is 0.462. The van der Waals surface area contributed by atoms with Crippen LogP contribution >= 0.6 is 11.6 Å². The molecule has 0 amide bonds. The van der Waals surface area contributed by atoms with Crippen LogP contribution in [0.15, 0.2) is 29.2 Å². The normalized spacial score (nSPS) is 11.3. The number of esters is 1. The maximum Gasteiger partial charge on any atom is 0.305 e. The van der Waals surface area contributed by atoms with Gasteiger partial charge in [0.2, 0.25) is 10.0 Å². The summed E-state index contributed by atoms with van der Waals surface area (Å²) in [5.74, 6) is -0.246. The van der Waals surface area contributed by atoms with E-state index in [0.717, 1.165) is 6.42 Å². The number of sulfonamides is 1. The van der Waals surface area contributed by atoms with E-state index in [-0.39, 0.29) is 10.9 Å². The molecular formula is C13H18ClNO4S. The first kappa shape index (κ1) is 16.9. The summed E-state index contributed by atoms with van der Waals surface area (Å²) < 4.78 is 30.9. The van der Waals surface area contributed by atoms with Gasteiger partial charge in [-0.15, -0.1) is 0 Å². The molecule has 0 saturated heterocycles. The van der Waals surface area contributed by atoms with E-state index in [0.29, 0.717) is 30.8 Å². The Kier molecular flexibility index (Phi) is 6.98. The van der Waals surface area contributed by atoms with E-state index in [1.807, 2.05) is 0 Å². The van der Waals surface area contributed by atoms with E-state index >= 15 is 0 Å². The zero-order valence-corrected chi connectivity index (χ0v) is 12.8. The molecule has 1 N–H and O–H groups in total. The largest absolute Gasteiger partial charge is 0.469 e. The fourth-order valence-electron chi connectivity index (χ4n) is 1.60. The van der Waals surface area contributed by atoms with Gasteiger partial charge < -0.3 is 4.74 Å². The molecule has 0 radical (unpaired) electrons. The fourth-order valence-corrected chi connectivity index (χ4v) is 2.97. The molecule has 0 unspecified atom stereocenters. The molecule has 112 valence electrons. The average molecular weight is 320 g/mol. The molecule has 0 saturated carbocycles. The second-order valence-electron chi connectivity index (χ2n) is 4.24. The van der Waals surface area contributed by atoms with Crippen LogP contribution in [0.3, 0.4) is 0 Å². The zero-order valence-electron chi connectivity index (χ0n) is 11.3. The molecular weight excluding hydrogens is 302 g/mol. The van der Waals surface area contributed by atoms with Crippen molar-refractivity contribution < 1.29 is 17.9 Å². The first-order chi connectivity index (χ1) is 9.45. The molecule has 20 heavy (non-hydrogen) atoms. The Morgan fingerprint density at radius 3 is 2.70 bits per heavy atom. The van der Waals surface area contributed by atoms with E-state index in [9.17, 15) is 13.2 Å². The standard InChI is InChI=1S/C13H18ClNO4S/c1-19-13(16)8-3-2-4-9-15-20(17,18)12-7-5-6-11(14)10-12/h5-7,10,15H,2-4,8-9H2,1H3. The van der Waals surface area contributed by atoms with Crippen LogP contribution in [0.1, 0.15) is 25.7 Å². The van der Waals surface area contributed by atoms with Gasteiger partial charge in [-0.2, -0.15) is 0 Å². The van der Waals surface area contributed by atoms with Crippen molar-refractivity contribution in [2.24, 2.45) is 0 Å². The van der Waals surface area contributed by atoms with Crippen LogP contribution < -0.4 is 4.72 Å². The van der Waals surface area contributed by atoms with Crippen LogP contribution in [0.4, 0.5) is 0 Å². The van der Waals surface area contributed by atoms with Gasteiger partial charge in [0.15, 0.2) is 0 Å². The highest BCUT2D eigenvalue weighted by molar-refractivity contribution is 7.89. The van der Waals surface area contributed by atoms with Crippen molar-refractivity contribution in [3.05, 3.63) is 29.3 Å².